The third kappa shape index (κ3) is 2.63. The van der Waals surface area contributed by atoms with Crippen LogP contribution in [0.4, 0.5) is 0 Å². The lowest BCUT2D eigenvalue weighted by molar-refractivity contribution is -0.129. The number of carbonyl (C=O) groups is 1. The number of hydrogen-bond donors (Lipinski definition) is 1. The molecule has 1 heterocycles. The van der Waals surface area contributed by atoms with Gasteiger partial charge >= 0.3 is 0 Å². The monoisotopic (exact) mass is 261 g/mol. The van der Waals surface area contributed by atoms with Gasteiger partial charge in [-0.2, -0.15) is 0 Å². The van der Waals surface area contributed by atoms with Crippen LogP contribution in [0, 0.1) is 0 Å². The average molecular weight is 261 g/mol. The summed E-state index contributed by atoms with van der Waals surface area (Å²) in [6, 6.07) is 9.07. The lowest BCUT2D eigenvalue weighted by Crippen LogP contribution is -2.38. The summed E-state index contributed by atoms with van der Waals surface area (Å²) >= 11 is 0. The molecule has 0 aromatic heterocycles. The molecule has 0 saturated carbocycles. The Hall–Kier alpha value is -1.81. The number of ether oxygens (including phenoxy) is 1. The van der Waals surface area contributed by atoms with E-state index in [1.165, 1.54) is 6.08 Å². The van der Waals surface area contributed by atoms with Crippen LogP contribution in [-0.4, -0.2) is 35.2 Å². The Morgan fingerprint density at radius 3 is 2.63 bits per heavy atom. The summed E-state index contributed by atoms with van der Waals surface area (Å²) in [7, 11) is 0. The quantitative estimate of drug-likeness (QED) is 0.880. The number of carbonyl (C=O) groups excluding carboxylic acids is 1. The van der Waals surface area contributed by atoms with E-state index in [1.807, 2.05) is 44.2 Å². The van der Waals surface area contributed by atoms with E-state index in [1.54, 1.807) is 4.90 Å². The minimum atomic E-state index is -0.335. The number of amides is 1. The molecule has 0 spiro atoms. The van der Waals surface area contributed by atoms with E-state index in [0.717, 1.165) is 5.56 Å². The highest BCUT2D eigenvalue weighted by Gasteiger charge is 2.36. The van der Waals surface area contributed by atoms with Crippen LogP contribution < -0.4 is 0 Å². The van der Waals surface area contributed by atoms with E-state index in [0.29, 0.717) is 12.4 Å². The van der Waals surface area contributed by atoms with Crippen molar-refractivity contribution in [1.29, 1.82) is 0 Å². The molecule has 102 valence electrons. The van der Waals surface area contributed by atoms with Crippen molar-refractivity contribution in [2.45, 2.75) is 25.9 Å². The van der Waals surface area contributed by atoms with Gasteiger partial charge < -0.3 is 14.7 Å². The first-order valence-corrected chi connectivity index (χ1v) is 6.51. The maximum atomic E-state index is 12.1. The highest BCUT2D eigenvalue weighted by molar-refractivity contribution is 5.91. The maximum absolute atomic E-state index is 12.1. The van der Waals surface area contributed by atoms with Gasteiger partial charge in [-0.1, -0.05) is 30.3 Å². The molecule has 0 unspecified atom stereocenters. The molecule has 1 aromatic carbocycles. The van der Waals surface area contributed by atoms with Crippen LogP contribution in [0.2, 0.25) is 0 Å². The largest absolute Gasteiger partial charge is 0.496 e. The van der Waals surface area contributed by atoms with E-state index < -0.39 is 0 Å². The Kier molecular flexibility index (Phi) is 4.22. The first-order valence-electron chi connectivity index (χ1n) is 6.51. The van der Waals surface area contributed by atoms with Gasteiger partial charge in [-0.05, 0) is 19.4 Å². The Morgan fingerprint density at radius 2 is 2.05 bits per heavy atom. The highest BCUT2D eigenvalue weighted by Crippen LogP contribution is 2.30. The minimum absolute atomic E-state index is 0.104. The van der Waals surface area contributed by atoms with Gasteiger partial charge in [0.1, 0.15) is 5.76 Å². The number of aliphatic hydroxyl groups is 1. The molecule has 0 aliphatic carbocycles. The number of aliphatic hydroxyl groups excluding tert-OH is 1. The topological polar surface area (TPSA) is 49.8 Å². The van der Waals surface area contributed by atoms with Gasteiger partial charge in [0.2, 0.25) is 0 Å². The molecule has 4 nitrogen and oxygen atoms in total. The molecule has 1 aliphatic rings. The van der Waals surface area contributed by atoms with Gasteiger partial charge in [0.15, 0.2) is 0 Å². The molecule has 19 heavy (non-hydrogen) atoms. The SMILES string of the molecule is CCOC1=CC(=O)N([C@@H](CO)c2ccccc2)[C@@H]1C. The molecule has 1 amide bonds. The summed E-state index contributed by atoms with van der Waals surface area (Å²) in [4.78, 5) is 13.8. The Labute approximate surface area is 113 Å². The molecule has 0 fully saturated rings. The molecule has 2 atom stereocenters. The summed E-state index contributed by atoms with van der Waals surface area (Å²) < 4.78 is 5.46. The van der Waals surface area contributed by atoms with Gasteiger partial charge in [-0.15, -0.1) is 0 Å². The summed E-state index contributed by atoms with van der Waals surface area (Å²) in [5.74, 6) is 0.556. The first kappa shape index (κ1) is 13.6. The number of rotatable bonds is 5. The third-order valence-corrected chi connectivity index (χ3v) is 3.35. The molecular weight excluding hydrogens is 242 g/mol. The van der Waals surface area contributed by atoms with Crippen molar-refractivity contribution in [2.24, 2.45) is 0 Å². The second kappa shape index (κ2) is 5.89. The number of benzene rings is 1. The van der Waals surface area contributed by atoms with Crippen LogP contribution in [-0.2, 0) is 9.53 Å². The Balaban J connectivity index is 2.24. The average Bonchev–Trinajstić information content (AvgIpc) is 2.69. The summed E-state index contributed by atoms with van der Waals surface area (Å²) in [5, 5.41) is 9.63. The predicted molar refractivity (Wildman–Crippen MR) is 72.3 cm³/mol. The van der Waals surface area contributed by atoms with Gasteiger partial charge in [0, 0.05) is 6.08 Å². The van der Waals surface area contributed by atoms with Crippen molar-refractivity contribution in [3.8, 4) is 0 Å². The van der Waals surface area contributed by atoms with Gasteiger partial charge in [-0.3, -0.25) is 4.79 Å². The summed E-state index contributed by atoms with van der Waals surface area (Å²) in [6.45, 7) is 4.24. The molecule has 1 N–H and O–H groups in total. The van der Waals surface area contributed by atoms with E-state index in [9.17, 15) is 9.90 Å². The van der Waals surface area contributed by atoms with E-state index in [4.69, 9.17) is 4.74 Å². The second-order valence-corrected chi connectivity index (χ2v) is 4.51. The van der Waals surface area contributed by atoms with Crippen molar-refractivity contribution in [2.75, 3.05) is 13.2 Å². The smallest absolute Gasteiger partial charge is 0.251 e. The first-order chi connectivity index (χ1) is 9.19. The molecule has 1 aromatic rings. The van der Waals surface area contributed by atoms with Crippen LogP contribution in [0.25, 0.3) is 0 Å². The van der Waals surface area contributed by atoms with Crippen LogP contribution in [0.15, 0.2) is 42.2 Å². The summed E-state index contributed by atoms with van der Waals surface area (Å²) in [5.41, 5.74) is 0.927. The molecule has 2 rings (SSSR count). The third-order valence-electron chi connectivity index (χ3n) is 3.35. The maximum Gasteiger partial charge on any atom is 0.251 e. The number of hydrogen-bond acceptors (Lipinski definition) is 3. The molecule has 4 heteroatoms. The fourth-order valence-electron chi connectivity index (χ4n) is 2.43. The van der Waals surface area contributed by atoms with Gasteiger partial charge in [0.05, 0.1) is 25.3 Å². The van der Waals surface area contributed by atoms with Crippen molar-refractivity contribution in [3.05, 3.63) is 47.7 Å². The van der Waals surface area contributed by atoms with Crippen LogP contribution in [0.3, 0.4) is 0 Å². The lowest BCUT2D eigenvalue weighted by Gasteiger charge is -2.31. The number of nitrogens with zero attached hydrogens (tertiary/aromatic N) is 1. The van der Waals surface area contributed by atoms with Crippen molar-refractivity contribution < 1.29 is 14.6 Å². The van der Waals surface area contributed by atoms with Crippen LogP contribution in [0.5, 0.6) is 0 Å². The fraction of sp³-hybridized carbons (Fsp3) is 0.400. The normalized spacial score (nSPS) is 20.4. The van der Waals surface area contributed by atoms with Crippen LogP contribution >= 0.6 is 0 Å². The highest BCUT2D eigenvalue weighted by atomic mass is 16.5. The molecule has 0 bridgehead atoms. The molecule has 0 radical (unpaired) electrons. The Morgan fingerprint density at radius 1 is 1.37 bits per heavy atom. The molecule has 0 saturated heterocycles. The second-order valence-electron chi connectivity index (χ2n) is 4.51. The predicted octanol–water partition coefficient (Wildman–Crippen LogP) is 1.87. The fourth-order valence-corrected chi connectivity index (χ4v) is 2.43. The Bertz CT molecular complexity index is 470. The van der Waals surface area contributed by atoms with E-state index in [-0.39, 0.29) is 24.6 Å². The molecule has 1 aliphatic heterocycles. The zero-order valence-corrected chi connectivity index (χ0v) is 11.2. The van der Waals surface area contributed by atoms with Crippen molar-refractivity contribution >= 4 is 5.91 Å². The lowest BCUT2D eigenvalue weighted by atomic mass is 10.1. The zero-order valence-electron chi connectivity index (χ0n) is 11.2. The standard InChI is InChI=1S/C15H19NO3/c1-3-19-14-9-15(18)16(11(14)2)13(10-17)12-7-5-4-6-8-12/h4-9,11,13,17H,3,10H2,1-2H3/t11-,13+/m1/s1. The van der Waals surface area contributed by atoms with Crippen LogP contribution in [0.1, 0.15) is 25.5 Å². The molecular formula is C15H19NO3. The van der Waals surface area contributed by atoms with Crippen molar-refractivity contribution in [1.82, 2.24) is 4.90 Å². The van der Waals surface area contributed by atoms with Gasteiger partial charge in [-0.25, -0.2) is 0 Å². The zero-order chi connectivity index (χ0) is 13.8. The minimum Gasteiger partial charge on any atom is -0.496 e. The van der Waals surface area contributed by atoms with E-state index >= 15 is 0 Å². The van der Waals surface area contributed by atoms with Gasteiger partial charge in [0.25, 0.3) is 5.91 Å². The summed E-state index contributed by atoms with van der Waals surface area (Å²) in [6.07, 6.45) is 1.51. The van der Waals surface area contributed by atoms with E-state index in [2.05, 4.69) is 0 Å². The van der Waals surface area contributed by atoms with Crippen molar-refractivity contribution in [3.63, 3.8) is 0 Å².